The van der Waals surface area contributed by atoms with Crippen molar-refractivity contribution >= 4 is 39.1 Å². The van der Waals surface area contributed by atoms with Crippen LogP contribution in [0, 0.1) is 5.92 Å². The van der Waals surface area contributed by atoms with E-state index in [1.807, 2.05) is 11.6 Å². The second-order valence-electron chi connectivity index (χ2n) is 4.82. The molecule has 1 fully saturated rings. The number of rotatable bonds is 4. The van der Waals surface area contributed by atoms with Gasteiger partial charge in [0.15, 0.2) is 0 Å². The van der Waals surface area contributed by atoms with Crippen LogP contribution in [0.25, 0.3) is 0 Å². The molecule has 1 aromatic rings. The first-order valence-corrected chi connectivity index (χ1v) is 8.71. The smallest absolute Gasteiger partial charge is 0.264 e. The van der Waals surface area contributed by atoms with Crippen molar-refractivity contribution in [2.24, 2.45) is 5.92 Å². The van der Waals surface area contributed by atoms with Crippen molar-refractivity contribution in [1.82, 2.24) is 4.72 Å². The van der Waals surface area contributed by atoms with Crippen molar-refractivity contribution in [1.29, 1.82) is 0 Å². The van der Waals surface area contributed by atoms with Gasteiger partial charge in [-0.15, -0.1) is 0 Å². The second-order valence-corrected chi connectivity index (χ2v) is 7.38. The van der Waals surface area contributed by atoms with Crippen molar-refractivity contribution in [3.05, 3.63) is 28.2 Å². The van der Waals surface area contributed by atoms with Gasteiger partial charge in [-0.1, -0.05) is 36.5 Å². The van der Waals surface area contributed by atoms with Crippen LogP contribution in [0.3, 0.4) is 0 Å². The van der Waals surface area contributed by atoms with Gasteiger partial charge in [0, 0.05) is 16.7 Å². The fraction of sp³-hybridized carbons (Fsp3) is 0.462. The lowest BCUT2D eigenvalue weighted by Gasteiger charge is -2.16. The van der Waals surface area contributed by atoms with Gasteiger partial charge in [0.05, 0.1) is 4.90 Å². The van der Waals surface area contributed by atoms with E-state index in [0.29, 0.717) is 6.61 Å². The fourth-order valence-electron chi connectivity index (χ4n) is 2.27. The van der Waals surface area contributed by atoms with Crippen LogP contribution in [-0.4, -0.2) is 27.0 Å². The van der Waals surface area contributed by atoms with Crippen molar-refractivity contribution in [2.45, 2.75) is 30.8 Å². The summed E-state index contributed by atoms with van der Waals surface area (Å²) in [6.45, 7) is 2.39. The van der Waals surface area contributed by atoms with E-state index in [9.17, 15) is 13.2 Å². The first kappa shape index (κ1) is 16.5. The van der Waals surface area contributed by atoms with Crippen LogP contribution in [0.15, 0.2) is 23.1 Å². The molecule has 8 heteroatoms. The van der Waals surface area contributed by atoms with Crippen LogP contribution in [0.1, 0.15) is 19.8 Å². The average Bonchev–Trinajstić information content (AvgIpc) is 2.85. The average molecular weight is 352 g/mol. The third-order valence-electron chi connectivity index (χ3n) is 3.38. The summed E-state index contributed by atoms with van der Waals surface area (Å²) in [5.41, 5.74) is 0. The summed E-state index contributed by atoms with van der Waals surface area (Å²) in [5.74, 6) is -0.626. The second kappa shape index (κ2) is 6.52. The third-order valence-corrected chi connectivity index (χ3v) is 5.14. The minimum atomic E-state index is -4.02. The van der Waals surface area contributed by atoms with Crippen molar-refractivity contribution in [3.8, 4) is 0 Å². The number of carbonyl (C=O) groups is 1. The summed E-state index contributed by atoms with van der Waals surface area (Å²) in [6, 6.07) is 3.88. The molecular weight excluding hydrogens is 337 g/mol. The van der Waals surface area contributed by atoms with E-state index < -0.39 is 22.0 Å². The van der Waals surface area contributed by atoms with E-state index >= 15 is 0 Å². The molecule has 0 saturated carbocycles. The molecule has 0 spiro atoms. The number of hydrogen-bond acceptors (Lipinski definition) is 4. The Bertz CT molecular complexity index is 627. The number of carbonyl (C=O) groups excluding carboxylic acids is 1. The Kier molecular flexibility index (Phi) is 5.14. The Morgan fingerprint density at radius 1 is 1.33 bits per heavy atom. The number of nitrogens with one attached hydrogen (secondary N) is 1. The highest BCUT2D eigenvalue weighted by molar-refractivity contribution is 7.90. The third kappa shape index (κ3) is 3.88. The minimum absolute atomic E-state index is 0.0307. The van der Waals surface area contributed by atoms with Crippen molar-refractivity contribution in [3.63, 3.8) is 0 Å². The SMILES string of the molecule is CC[C@@H]1CCO[C@@H]1C(=O)NS(=O)(=O)c1cc(Cl)cc(Cl)c1. The van der Waals surface area contributed by atoms with Crippen LogP contribution in [0.4, 0.5) is 0 Å². The maximum Gasteiger partial charge on any atom is 0.264 e. The maximum absolute atomic E-state index is 12.2. The summed E-state index contributed by atoms with van der Waals surface area (Å²) in [5, 5.41) is 0.359. The van der Waals surface area contributed by atoms with E-state index in [1.165, 1.54) is 18.2 Å². The first-order chi connectivity index (χ1) is 9.83. The van der Waals surface area contributed by atoms with E-state index in [4.69, 9.17) is 27.9 Å². The highest BCUT2D eigenvalue weighted by Gasteiger charge is 2.35. The van der Waals surface area contributed by atoms with Gasteiger partial charge in [-0.2, -0.15) is 0 Å². The lowest BCUT2D eigenvalue weighted by atomic mass is 9.98. The molecule has 0 aliphatic carbocycles. The maximum atomic E-state index is 12.2. The van der Waals surface area contributed by atoms with Crippen molar-refractivity contribution in [2.75, 3.05) is 6.61 Å². The lowest BCUT2D eigenvalue weighted by molar-refractivity contribution is -0.129. The van der Waals surface area contributed by atoms with Gasteiger partial charge < -0.3 is 4.74 Å². The molecule has 2 atom stereocenters. The minimum Gasteiger partial charge on any atom is -0.368 e. The Morgan fingerprint density at radius 3 is 2.52 bits per heavy atom. The summed E-state index contributed by atoms with van der Waals surface area (Å²) >= 11 is 11.6. The molecule has 2 rings (SSSR count). The Balaban J connectivity index is 2.19. The number of benzene rings is 1. The van der Waals surface area contributed by atoms with Gasteiger partial charge in [-0.05, 0) is 30.5 Å². The number of halogens is 2. The Labute approximate surface area is 133 Å². The van der Waals surface area contributed by atoms with Gasteiger partial charge in [-0.3, -0.25) is 4.79 Å². The number of sulfonamides is 1. The predicted molar refractivity (Wildman–Crippen MR) is 79.9 cm³/mol. The molecule has 1 aromatic carbocycles. The summed E-state index contributed by atoms with van der Waals surface area (Å²) in [6.07, 6.45) is 0.762. The predicted octanol–water partition coefficient (Wildman–Crippen LogP) is 2.61. The molecule has 116 valence electrons. The summed E-state index contributed by atoms with van der Waals surface area (Å²) in [7, 11) is -4.02. The van der Waals surface area contributed by atoms with Crippen LogP contribution in [-0.2, 0) is 19.6 Å². The number of amides is 1. The molecule has 0 radical (unpaired) electrons. The van der Waals surface area contributed by atoms with E-state index in [1.54, 1.807) is 0 Å². The largest absolute Gasteiger partial charge is 0.368 e. The van der Waals surface area contributed by atoms with Crippen LogP contribution in [0.5, 0.6) is 0 Å². The topological polar surface area (TPSA) is 72.5 Å². The molecule has 1 N–H and O–H groups in total. The van der Waals surface area contributed by atoms with E-state index in [-0.39, 0.29) is 20.9 Å². The number of ether oxygens (including phenoxy) is 1. The molecule has 1 amide bonds. The first-order valence-electron chi connectivity index (χ1n) is 6.48. The molecule has 0 bridgehead atoms. The highest BCUT2D eigenvalue weighted by atomic mass is 35.5. The summed E-state index contributed by atoms with van der Waals surface area (Å²) in [4.78, 5) is 11.9. The standard InChI is InChI=1S/C13H15Cl2NO4S/c1-2-8-3-4-20-12(8)13(17)16-21(18,19)11-6-9(14)5-10(15)7-11/h5-8,12H,2-4H2,1H3,(H,16,17)/t8-,12+/m1/s1. The van der Waals surface area contributed by atoms with Gasteiger partial charge in [-0.25, -0.2) is 13.1 Å². The lowest BCUT2D eigenvalue weighted by Crippen LogP contribution is -2.41. The highest BCUT2D eigenvalue weighted by Crippen LogP contribution is 2.25. The summed E-state index contributed by atoms with van der Waals surface area (Å²) < 4.78 is 31.7. The van der Waals surface area contributed by atoms with Crippen LogP contribution >= 0.6 is 23.2 Å². The van der Waals surface area contributed by atoms with Crippen molar-refractivity contribution < 1.29 is 17.9 Å². The van der Waals surface area contributed by atoms with Crippen LogP contribution < -0.4 is 4.72 Å². The quantitative estimate of drug-likeness (QED) is 0.904. The van der Waals surface area contributed by atoms with Gasteiger partial charge in [0.1, 0.15) is 6.10 Å². The van der Waals surface area contributed by atoms with Gasteiger partial charge >= 0.3 is 0 Å². The molecule has 1 heterocycles. The Hall–Kier alpha value is -0.820. The molecule has 0 unspecified atom stereocenters. The molecule has 1 aliphatic rings. The molecule has 0 aromatic heterocycles. The fourth-order valence-corrected chi connectivity index (χ4v) is 3.99. The van der Waals surface area contributed by atoms with E-state index in [0.717, 1.165) is 12.8 Å². The van der Waals surface area contributed by atoms with Gasteiger partial charge in [0.2, 0.25) is 0 Å². The molecule has 1 aliphatic heterocycles. The zero-order valence-electron chi connectivity index (χ0n) is 11.3. The zero-order chi connectivity index (χ0) is 15.6. The molecule has 5 nitrogen and oxygen atoms in total. The normalized spacial score (nSPS) is 22.2. The monoisotopic (exact) mass is 351 g/mol. The van der Waals surface area contributed by atoms with Gasteiger partial charge in [0.25, 0.3) is 15.9 Å². The number of hydrogen-bond donors (Lipinski definition) is 1. The molecule has 21 heavy (non-hydrogen) atoms. The van der Waals surface area contributed by atoms with Crippen LogP contribution in [0.2, 0.25) is 10.0 Å². The molecular formula is C13H15Cl2NO4S. The zero-order valence-corrected chi connectivity index (χ0v) is 13.6. The van der Waals surface area contributed by atoms with E-state index in [2.05, 4.69) is 0 Å². The Morgan fingerprint density at radius 2 is 1.95 bits per heavy atom. The molecule has 1 saturated heterocycles.